The molecule has 0 atom stereocenters. The van der Waals surface area contributed by atoms with Crippen LogP contribution < -0.4 is 0 Å². The number of halogens is 1. The Morgan fingerprint density at radius 3 is 3.07 bits per heavy atom. The summed E-state index contributed by atoms with van der Waals surface area (Å²) < 4.78 is 6.14. The molecule has 0 saturated heterocycles. The third kappa shape index (κ3) is 1.33. The minimum atomic E-state index is -0.401. The van der Waals surface area contributed by atoms with Crippen LogP contribution in [0.25, 0.3) is 5.52 Å². The lowest BCUT2D eigenvalue weighted by Gasteiger charge is -1.96. The summed E-state index contributed by atoms with van der Waals surface area (Å²) in [6.45, 7) is 0. The average molecular weight is 211 g/mol. The first-order valence-electron chi connectivity index (χ1n) is 3.93. The molecule has 0 fully saturated rings. The van der Waals surface area contributed by atoms with Crippen molar-refractivity contribution >= 4 is 23.1 Å². The Morgan fingerprint density at radius 1 is 1.57 bits per heavy atom. The Kier molecular flexibility index (Phi) is 2.13. The minimum absolute atomic E-state index is 0.401. The summed E-state index contributed by atoms with van der Waals surface area (Å²) >= 11 is 5.76. The van der Waals surface area contributed by atoms with E-state index in [0.29, 0.717) is 16.1 Å². The molecular weight excluding hydrogens is 204 g/mol. The molecule has 0 radical (unpaired) electrons. The maximum atomic E-state index is 11.3. The highest BCUT2D eigenvalue weighted by Crippen LogP contribution is 2.15. The van der Waals surface area contributed by atoms with Crippen molar-refractivity contribution in [2.45, 2.75) is 0 Å². The summed E-state index contributed by atoms with van der Waals surface area (Å²) in [4.78, 5) is 11.3. The van der Waals surface area contributed by atoms with Gasteiger partial charge in [-0.25, -0.2) is 9.31 Å². The van der Waals surface area contributed by atoms with E-state index in [1.54, 1.807) is 18.3 Å². The average Bonchev–Trinajstić information content (AvgIpc) is 2.59. The van der Waals surface area contributed by atoms with Crippen LogP contribution in [0.4, 0.5) is 0 Å². The second-order valence-corrected chi connectivity index (χ2v) is 3.16. The second kappa shape index (κ2) is 3.31. The van der Waals surface area contributed by atoms with Gasteiger partial charge in [-0.15, -0.1) is 0 Å². The number of pyridine rings is 1. The van der Waals surface area contributed by atoms with E-state index < -0.39 is 5.97 Å². The van der Waals surface area contributed by atoms with Gasteiger partial charge < -0.3 is 4.74 Å². The molecule has 2 aromatic heterocycles. The predicted molar refractivity (Wildman–Crippen MR) is 51.5 cm³/mol. The molecule has 0 N–H and O–H groups in total. The van der Waals surface area contributed by atoms with Gasteiger partial charge in [0.25, 0.3) is 0 Å². The van der Waals surface area contributed by atoms with Gasteiger partial charge in [-0.3, -0.25) is 0 Å². The fourth-order valence-electron chi connectivity index (χ4n) is 1.23. The number of carbonyl (C=O) groups excluding carboxylic acids is 1. The highest BCUT2D eigenvalue weighted by molar-refractivity contribution is 6.30. The molecule has 2 rings (SSSR count). The van der Waals surface area contributed by atoms with Crippen molar-refractivity contribution in [2.24, 2.45) is 0 Å². The lowest BCUT2D eigenvalue weighted by Crippen LogP contribution is -2.00. The fourth-order valence-corrected chi connectivity index (χ4v) is 1.38. The number of esters is 1. The van der Waals surface area contributed by atoms with Crippen molar-refractivity contribution in [3.05, 3.63) is 35.1 Å². The van der Waals surface area contributed by atoms with Crippen molar-refractivity contribution in [1.29, 1.82) is 0 Å². The maximum absolute atomic E-state index is 11.3. The summed E-state index contributed by atoms with van der Waals surface area (Å²) in [5, 5.41) is 4.55. The number of ether oxygens (including phenoxy) is 1. The van der Waals surface area contributed by atoms with E-state index in [4.69, 9.17) is 11.6 Å². The van der Waals surface area contributed by atoms with Crippen LogP contribution in [0.3, 0.4) is 0 Å². The van der Waals surface area contributed by atoms with Crippen molar-refractivity contribution < 1.29 is 9.53 Å². The number of carbonyl (C=O) groups is 1. The monoisotopic (exact) mass is 210 g/mol. The standard InChI is InChI=1S/C9H7ClN2O2/c1-14-9(13)7-4-11-12-5-6(10)2-3-8(7)12/h2-5H,1H3. The van der Waals surface area contributed by atoms with E-state index in [-0.39, 0.29) is 0 Å². The van der Waals surface area contributed by atoms with Crippen LogP contribution in [0.2, 0.25) is 5.02 Å². The molecule has 2 heterocycles. The third-order valence-corrected chi connectivity index (χ3v) is 2.11. The lowest BCUT2D eigenvalue weighted by molar-refractivity contribution is 0.0603. The molecule has 0 saturated carbocycles. The second-order valence-electron chi connectivity index (χ2n) is 2.73. The first kappa shape index (κ1) is 9.02. The SMILES string of the molecule is COC(=O)c1cnn2cc(Cl)ccc12. The van der Waals surface area contributed by atoms with E-state index in [1.165, 1.54) is 17.8 Å². The van der Waals surface area contributed by atoms with Crippen LogP contribution in [0.1, 0.15) is 10.4 Å². The Labute approximate surface area is 85.0 Å². The minimum Gasteiger partial charge on any atom is -0.465 e. The Hall–Kier alpha value is -1.55. The summed E-state index contributed by atoms with van der Waals surface area (Å²) in [7, 11) is 1.34. The molecule has 0 bridgehead atoms. The number of fused-ring (bicyclic) bond motifs is 1. The topological polar surface area (TPSA) is 43.6 Å². The zero-order chi connectivity index (χ0) is 10.1. The molecule has 0 aliphatic carbocycles. The fraction of sp³-hybridized carbons (Fsp3) is 0.111. The molecule has 0 unspecified atom stereocenters. The number of methoxy groups -OCH3 is 1. The summed E-state index contributed by atoms with van der Waals surface area (Å²) in [5.74, 6) is -0.401. The first-order valence-corrected chi connectivity index (χ1v) is 4.31. The number of rotatable bonds is 1. The van der Waals surface area contributed by atoms with Gasteiger partial charge in [-0.1, -0.05) is 11.6 Å². The quantitative estimate of drug-likeness (QED) is 0.674. The number of hydrogen-bond acceptors (Lipinski definition) is 3. The molecule has 0 aliphatic heterocycles. The van der Waals surface area contributed by atoms with Gasteiger partial charge in [0, 0.05) is 6.20 Å². The molecule has 14 heavy (non-hydrogen) atoms. The normalized spacial score (nSPS) is 10.4. The molecule has 2 aromatic rings. The van der Waals surface area contributed by atoms with Gasteiger partial charge in [0.1, 0.15) is 5.56 Å². The van der Waals surface area contributed by atoms with Crippen molar-refractivity contribution in [2.75, 3.05) is 7.11 Å². The molecular formula is C9H7ClN2O2. The van der Waals surface area contributed by atoms with Crippen LogP contribution in [0.5, 0.6) is 0 Å². The van der Waals surface area contributed by atoms with Gasteiger partial charge in [-0.05, 0) is 12.1 Å². The molecule has 4 nitrogen and oxygen atoms in total. The van der Waals surface area contributed by atoms with Gasteiger partial charge >= 0.3 is 5.97 Å². The van der Waals surface area contributed by atoms with Gasteiger partial charge in [0.15, 0.2) is 0 Å². The molecule has 5 heteroatoms. The van der Waals surface area contributed by atoms with E-state index in [0.717, 1.165) is 0 Å². The highest BCUT2D eigenvalue weighted by atomic mass is 35.5. The maximum Gasteiger partial charge on any atom is 0.341 e. The lowest BCUT2D eigenvalue weighted by atomic mass is 10.3. The number of aromatic nitrogens is 2. The molecule has 72 valence electrons. The van der Waals surface area contributed by atoms with Crippen molar-refractivity contribution in [3.8, 4) is 0 Å². The number of hydrogen-bond donors (Lipinski definition) is 0. The van der Waals surface area contributed by atoms with Crippen LogP contribution >= 0.6 is 11.6 Å². The predicted octanol–water partition coefficient (Wildman–Crippen LogP) is 1.77. The number of nitrogens with zero attached hydrogens (tertiary/aromatic N) is 2. The zero-order valence-electron chi connectivity index (χ0n) is 7.40. The van der Waals surface area contributed by atoms with Gasteiger partial charge in [-0.2, -0.15) is 5.10 Å². The van der Waals surface area contributed by atoms with E-state index in [2.05, 4.69) is 9.84 Å². The Balaban J connectivity index is 2.64. The Morgan fingerprint density at radius 2 is 2.36 bits per heavy atom. The van der Waals surface area contributed by atoms with E-state index in [1.807, 2.05) is 0 Å². The first-order chi connectivity index (χ1) is 6.72. The third-order valence-electron chi connectivity index (χ3n) is 1.89. The van der Waals surface area contributed by atoms with Gasteiger partial charge in [0.05, 0.1) is 23.8 Å². The highest BCUT2D eigenvalue weighted by Gasteiger charge is 2.12. The van der Waals surface area contributed by atoms with E-state index in [9.17, 15) is 4.79 Å². The van der Waals surface area contributed by atoms with Crippen molar-refractivity contribution in [1.82, 2.24) is 9.61 Å². The van der Waals surface area contributed by atoms with Crippen LogP contribution in [-0.4, -0.2) is 22.7 Å². The van der Waals surface area contributed by atoms with Crippen molar-refractivity contribution in [3.63, 3.8) is 0 Å². The molecule has 0 spiro atoms. The smallest absolute Gasteiger partial charge is 0.341 e. The summed E-state index contributed by atoms with van der Waals surface area (Å²) in [6, 6.07) is 3.42. The Bertz CT molecular complexity index is 493. The molecule has 0 aliphatic rings. The summed E-state index contributed by atoms with van der Waals surface area (Å²) in [6.07, 6.45) is 3.08. The zero-order valence-corrected chi connectivity index (χ0v) is 8.15. The molecule has 0 amide bonds. The largest absolute Gasteiger partial charge is 0.465 e. The van der Waals surface area contributed by atoms with Crippen LogP contribution in [-0.2, 0) is 4.74 Å². The van der Waals surface area contributed by atoms with Crippen LogP contribution in [0, 0.1) is 0 Å². The van der Waals surface area contributed by atoms with Gasteiger partial charge in [0.2, 0.25) is 0 Å². The van der Waals surface area contributed by atoms with Crippen LogP contribution in [0.15, 0.2) is 24.5 Å². The molecule has 0 aromatic carbocycles. The summed E-state index contributed by atoms with van der Waals surface area (Å²) in [5.41, 5.74) is 1.12. The van der Waals surface area contributed by atoms with E-state index >= 15 is 0 Å².